The first-order valence-corrected chi connectivity index (χ1v) is 7.73. The molecule has 1 fully saturated rings. The molecule has 0 spiro atoms. The number of piperazine rings is 1. The highest BCUT2D eigenvalue weighted by molar-refractivity contribution is 7.89. The Labute approximate surface area is 125 Å². The number of rotatable bonds is 2. The highest BCUT2D eigenvalue weighted by atomic mass is 35.5. The fraction of sp³-hybridized carbons (Fsp3) is 0.500. The predicted molar refractivity (Wildman–Crippen MR) is 79.5 cm³/mol. The van der Waals surface area contributed by atoms with Crippen molar-refractivity contribution in [2.45, 2.75) is 30.8 Å². The van der Waals surface area contributed by atoms with E-state index in [1.165, 1.54) is 10.4 Å². The third kappa shape index (κ3) is 3.83. The highest BCUT2D eigenvalue weighted by Crippen LogP contribution is 2.21. The molecular weight excluding hydrogens is 307 g/mol. The van der Waals surface area contributed by atoms with Crippen LogP contribution in [0.3, 0.4) is 0 Å². The van der Waals surface area contributed by atoms with E-state index in [2.05, 4.69) is 5.32 Å². The van der Waals surface area contributed by atoms with Crippen molar-refractivity contribution < 1.29 is 8.42 Å². The summed E-state index contributed by atoms with van der Waals surface area (Å²) in [7, 11) is -3.44. The third-order valence-corrected chi connectivity index (χ3v) is 5.02. The van der Waals surface area contributed by atoms with E-state index in [0.717, 1.165) is 0 Å². The fourth-order valence-electron chi connectivity index (χ4n) is 2.25. The number of benzene rings is 1. The first-order valence-electron chi connectivity index (χ1n) is 5.91. The molecule has 1 aromatic carbocycles. The summed E-state index contributed by atoms with van der Waals surface area (Å²) >= 11 is 5.85. The normalized spacial score (nSPS) is 24.8. The van der Waals surface area contributed by atoms with Gasteiger partial charge in [-0.1, -0.05) is 17.7 Å². The second-order valence-electron chi connectivity index (χ2n) is 4.75. The molecule has 0 radical (unpaired) electrons. The highest BCUT2D eigenvalue weighted by Gasteiger charge is 2.31. The van der Waals surface area contributed by atoms with Crippen LogP contribution in [0.5, 0.6) is 0 Å². The molecule has 19 heavy (non-hydrogen) atoms. The van der Waals surface area contributed by atoms with Crippen LogP contribution in [0.25, 0.3) is 0 Å². The summed E-state index contributed by atoms with van der Waals surface area (Å²) in [6.45, 7) is 4.94. The van der Waals surface area contributed by atoms with Gasteiger partial charge in [0.15, 0.2) is 0 Å². The molecule has 1 aliphatic rings. The van der Waals surface area contributed by atoms with Crippen LogP contribution < -0.4 is 5.32 Å². The lowest BCUT2D eigenvalue weighted by Crippen LogP contribution is -2.55. The zero-order valence-electron chi connectivity index (χ0n) is 10.8. The topological polar surface area (TPSA) is 49.4 Å². The molecule has 1 aromatic rings. The van der Waals surface area contributed by atoms with Crippen molar-refractivity contribution in [2.24, 2.45) is 0 Å². The molecule has 2 rings (SSSR count). The van der Waals surface area contributed by atoms with Crippen molar-refractivity contribution in [3.63, 3.8) is 0 Å². The van der Waals surface area contributed by atoms with Crippen molar-refractivity contribution in [3.8, 4) is 0 Å². The Hall–Kier alpha value is -0.330. The van der Waals surface area contributed by atoms with E-state index < -0.39 is 10.0 Å². The van der Waals surface area contributed by atoms with Gasteiger partial charge in [0.25, 0.3) is 0 Å². The molecule has 0 saturated carbocycles. The molecule has 1 saturated heterocycles. The summed E-state index contributed by atoms with van der Waals surface area (Å²) in [6.07, 6.45) is 0. The molecule has 0 amide bonds. The summed E-state index contributed by atoms with van der Waals surface area (Å²) < 4.78 is 26.5. The largest absolute Gasteiger partial charge is 0.309 e. The quantitative estimate of drug-likeness (QED) is 0.906. The maximum absolute atomic E-state index is 12.5. The molecule has 2 atom stereocenters. The first kappa shape index (κ1) is 16.7. The van der Waals surface area contributed by atoms with Crippen LogP contribution in [-0.2, 0) is 10.0 Å². The van der Waals surface area contributed by atoms with Crippen molar-refractivity contribution in [1.29, 1.82) is 0 Å². The van der Waals surface area contributed by atoms with Gasteiger partial charge < -0.3 is 5.32 Å². The standard InChI is InChI=1S/C12H17ClN2O2S.ClH/c1-9-7-15(8-10(2)14-9)18(16,17)12-5-3-4-11(13)6-12;/h3-6,9-10,14H,7-8H2,1-2H3;1H. The summed E-state index contributed by atoms with van der Waals surface area (Å²) in [6, 6.07) is 6.71. The molecule has 1 heterocycles. The van der Waals surface area contributed by atoms with Crippen LogP contribution >= 0.6 is 24.0 Å². The van der Waals surface area contributed by atoms with E-state index in [0.29, 0.717) is 18.1 Å². The smallest absolute Gasteiger partial charge is 0.243 e. The first-order chi connectivity index (χ1) is 8.39. The second kappa shape index (κ2) is 6.41. The Kier molecular flexibility index (Phi) is 5.65. The minimum Gasteiger partial charge on any atom is -0.309 e. The lowest BCUT2D eigenvalue weighted by Gasteiger charge is -2.35. The van der Waals surface area contributed by atoms with Crippen LogP contribution in [0.15, 0.2) is 29.2 Å². The van der Waals surface area contributed by atoms with Crippen molar-refractivity contribution in [1.82, 2.24) is 9.62 Å². The second-order valence-corrected chi connectivity index (χ2v) is 7.12. The number of sulfonamides is 1. The van der Waals surface area contributed by atoms with Gasteiger partial charge in [0.2, 0.25) is 10.0 Å². The van der Waals surface area contributed by atoms with Crippen LogP contribution in [0.1, 0.15) is 13.8 Å². The Morgan fingerprint density at radius 2 is 1.84 bits per heavy atom. The maximum Gasteiger partial charge on any atom is 0.243 e. The lowest BCUT2D eigenvalue weighted by atomic mass is 10.2. The average molecular weight is 325 g/mol. The SMILES string of the molecule is CC1CN(S(=O)(=O)c2cccc(Cl)c2)CC(C)N1.Cl. The number of nitrogens with zero attached hydrogens (tertiary/aromatic N) is 1. The molecule has 108 valence electrons. The molecule has 2 unspecified atom stereocenters. The van der Waals surface area contributed by atoms with E-state index in [4.69, 9.17) is 11.6 Å². The van der Waals surface area contributed by atoms with Gasteiger partial charge in [0, 0.05) is 30.2 Å². The van der Waals surface area contributed by atoms with E-state index in [1.807, 2.05) is 13.8 Å². The molecule has 1 aliphatic heterocycles. The number of nitrogens with one attached hydrogen (secondary N) is 1. The van der Waals surface area contributed by atoms with Gasteiger partial charge in [-0.3, -0.25) is 0 Å². The summed E-state index contributed by atoms with van der Waals surface area (Å²) in [5.41, 5.74) is 0. The Bertz CT molecular complexity index is 526. The lowest BCUT2D eigenvalue weighted by molar-refractivity contribution is 0.263. The minimum absolute atomic E-state index is 0. The van der Waals surface area contributed by atoms with E-state index in [9.17, 15) is 8.42 Å². The fourth-order valence-corrected chi connectivity index (χ4v) is 4.17. The third-order valence-electron chi connectivity index (χ3n) is 2.96. The molecular formula is C12H18Cl2N2O2S. The summed E-state index contributed by atoms with van der Waals surface area (Å²) in [5.74, 6) is 0. The van der Waals surface area contributed by atoms with Crippen LogP contribution in [-0.4, -0.2) is 37.9 Å². The number of hydrogen-bond donors (Lipinski definition) is 1. The van der Waals surface area contributed by atoms with Crippen molar-refractivity contribution in [3.05, 3.63) is 29.3 Å². The van der Waals surface area contributed by atoms with Gasteiger partial charge in [-0.15, -0.1) is 12.4 Å². The van der Waals surface area contributed by atoms with Crippen LogP contribution in [0, 0.1) is 0 Å². The summed E-state index contributed by atoms with van der Waals surface area (Å²) in [5, 5.41) is 3.75. The Morgan fingerprint density at radius 1 is 1.26 bits per heavy atom. The van der Waals surface area contributed by atoms with Crippen molar-refractivity contribution in [2.75, 3.05) is 13.1 Å². The zero-order valence-corrected chi connectivity index (χ0v) is 13.2. The van der Waals surface area contributed by atoms with E-state index in [-0.39, 0.29) is 29.4 Å². The molecule has 4 nitrogen and oxygen atoms in total. The number of hydrogen-bond acceptors (Lipinski definition) is 3. The molecule has 0 aliphatic carbocycles. The molecule has 0 aromatic heterocycles. The minimum atomic E-state index is -3.44. The monoisotopic (exact) mass is 324 g/mol. The van der Waals surface area contributed by atoms with E-state index >= 15 is 0 Å². The Balaban J connectivity index is 0.00000180. The van der Waals surface area contributed by atoms with Crippen LogP contribution in [0.4, 0.5) is 0 Å². The maximum atomic E-state index is 12.5. The molecule has 1 N–H and O–H groups in total. The van der Waals surface area contributed by atoms with Gasteiger partial charge >= 0.3 is 0 Å². The zero-order chi connectivity index (χ0) is 13.3. The number of halogens is 2. The van der Waals surface area contributed by atoms with Gasteiger partial charge in [0.05, 0.1) is 4.90 Å². The molecule has 0 bridgehead atoms. The predicted octanol–water partition coefficient (Wildman–Crippen LogP) is 2.13. The van der Waals surface area contributed by atoms with Gasteiger partial charge in [-0.25, -0.2) is 8.42 Å². The van der Waals surface area contributed by atoms with Crippen LogP contribution in [0.2, 0.25) is 5.02 Å². The van der Waals surface area contributed by atoms with Gasteiger partial charge in [-0.2, -0.15) is 4.31 Å². The molecule has 7 heteroatoms. The van der Waals surface area contributed by atoms with Gasteiger partial charge in [0.1, 0.15) is 0 Å². The van der Waals surface area contributed by atoms with Gasteiger partial charge in [-0.05, 0) is 32.0 Å². The van der Waals surface area contributed by atoms with Crippen molar-refractivity contribution >= 4 is 34.0 Å². The average Bonchev–Trinajstić information content (AvgIpc) is 2.27. The van der Waals surface area contributed by atoms with E-state index in [1.54, 1.807) is 18.2 Å². The summed E-state index contributed by atoms with van der Waals surface area (Å²) in [4.78, 5) is 0.260. The Morgan fingerprint density at radius 3 is 2.37 bits per heavy atom.